The fraction of sp³-hybridized carbons (Fsp3) is 0.0182. The normalized spacial score (nSPS) is 12.7. The summed E-state index contributed by atoms with van der Waals surface area (Å²) in [6.45, 7) is 0. The molecule has 0 unspecified atom stereocenters. The molecule has 1 aromatic heterocycles. The molecular weight excluding hydrogens is 691 g/mol. The first-order valence-corrected chi connectivity index (χ1v) is 19.6. The Balaban J connectivity index is 1.08. The van der Waals surface area contributed by atoms with Gasteiger partial charge in [-0.2, -0.15) is 0 Å². The average molecular weight is 728 g/mol. The van der Waals surface area contributed by atoms with Crippen LogP contribution in [-0.4, -0.2) is 0 Å². The number of furan rings is 1. The SMILES string of the molecule is c1ccc(-c2cccc(N(c3ccc(C4(c5ccccc5)c5ccccc5-c5ccccc54)cc3)c3cccc(-c4ccc5oc6ccccc6c5c4)c3)c2)cc1. The van der Waals surface area contributed by atoms with Crippen molar-refractivity contribution in [2.45, 2.75) is 5.41 Å². The van der Waals surface area contributed by atoms with Crippen molar-refractivity contribution in [1.29, 1.82) is 0 Å². The minimum Gasteiger partial charge on any atom is -0.456 e. The molecular formula is C55H37NO. The van der Waals surface area contributed by atoms with Crippen LogP contribution in [0, 0.1) is 0 Å². The van der Waals surface area contributed by atoms with E-state index < -0.39 is 5.41 Å². The first kappa shape index (κ1) is 33.0. The highest BCUT2D eigenvalue weighted by molar-refractivity contribution is 6.06. The van der Waals surface area contributed by atoms with E-state index in [4.69, 9.17) is 4.42 Å². The molecule has 1 aliphatic rings. The summed E-state index contributed by atoms with van der Waals surface area (Å²) in [5.74, 6) is 0. The van der Waals surface area contributed by atoms with E-state index in [0.717, 1.165) is 50.1 Å². The summed E-state index contributed by atoms with van der Waals surface area (Å²) < 4.78 is 6.18. The van der Waals surface area contributed by atoms with Crippen molar-refractivity contribution in [2.75, 3.05) is 4.90 Å². The second-order valence-electron chi connectivity index (χ2n) is 14.9. The van der Waals surface area contributed by atoms with E-state index in [-0.39, 0.29) is 0 Å². The second kappa shape index (κ2) is 13.4. The highest BCUT2D eigenvalue weighted by atomic mass is 16.3. The van der Waals surface area contributed by atoms with E-state index in [1.165, 1.54) is 44.5 Å². The van der Waals surface area contributed by atoms with Crippen molar-refractivity contribution in [3.63, 3.8) is 0 Å². The predicted octanol–water partition coefficient (Wildman–Crippen LogP) is 14.8. The molecule has 0 aliphatic heterocycles. The topological polar surface area (TPSA) is 16.4 Å². The summed E-state index contributed by atoms with van der Waals surface area (Å²) in [5.41, 5.74) is 17.0. The van der Waals surface area contributed by atoms with Gasteiger partial charge in [-0.3, -0.25) is 0 Å². The van der Waals surface area contributed by atoms with Gasteiger partial charge < -0.3 is 9.32 Å². The summed E-state index contributed by atoms with van der Waals surface area (Å²) >= 11 is 0. The Kier molecular flexibility index (Phi) is 7.75. The summed E-state index contributed by atoms with van der Waals surface area (Å²) in [6.07, 6.45) is 0. The highest BCUT2D eigenvalue weighted by Crippen LogP contribution is 2.56. The van der Waals surface area contributed by atoms with Gasteiger partial charge in [0, 0.05) is 27.8 Å². The predicted molar refractivity (Wildman–Crippen MR) is 237 cm³/mol. The molecule has 1 aliphatic carbocycles. The Hall–Kier alpha value is -7.42. The van der Waals surface area contributed by atoms with Crippen LogP contribution in [0.25, 0.3) is 55.3 Å². The molecule has 2 nitrogen and oxygen atoms in total. The number of hydrogen-bond acceptors (Lipinski definition) is 2. The minimum absolute atomic E-state index is 0.457. The Morgan fingerprint density at radius 1 is 0.316 bits per heavy atom. The van der Waals surface area contributed by atoms with Crippen molar-refractivity contribution in [3.8, 4) is 33.4 Å². The molecule has 0 fully saturated rings. The number of hydrogen-bond donors (Lipinski definition) is 0. The van der Waals surface area contributed by atoms with Gasteiger partial charge in [0.2, 0.25) is 0 Å². The van der Waals surface area contributed by atoms with Gasteiger partial charge in [0.25, 0.3) is 0 Å². The molecule has 1 heterocycles. The zero-order chi connectivity index (χ0) is 37.8. The summed E-state index contributed by atoms with van der Waals surface area (Å²) in [4.78, 5) is 2.39. The Morgan fingerprint density at radius 2 is 0.825 bits per heavy atom. The fourth-order valence-corrected chi connectivity index (χ4v) is 9.20. The third-order valence-electron chi connectivity index (χ3n) is 11.7. The lowest BCUT2D eigenvalue weighted by Crippen LogP contribution is -2.28. The minimum atomic E-state index is -0.457. The molecule has 0 saturated heterocycles. The molecule has 0 N–H and O–H groups in total. The van der Waals surface area contributed by atoms with Crippen LogP contribution in [0.3, 0.4) is 0 Å². The molecule has 0 atom stereocenters. The van der Waals surface area contributed by atoms with Gasteiger partial charge in [-0.15, -0.1) is 0 Å². The molecule has 0 amide bonds. The Labute approximate surface area is 332 Å². The third kappa shape index (κ3) is 5.33. The summed E-state index contributed by atoms with van der Waals surface area (Å²) in [7, 11) is 0. The van der Waals surface area contributed by atoms with E-state index >= 15 is 0 Å². The maximum absolute atomic E-state index is 6.18. The van der Waals surface area contributed by atoms with Gasteiger partial charge in [0.1, 0.15) is 11.2 Å². The van der Waals surface area contributed by atoms with Gasteiger partial charge in [-0.1, -0.05) is 170 Å². The zero-order valence-corrected chi connectivity index (χ0v) is 31.2. The van der Waals surface area contributed by atoms with Crippen LogP contribution in [0.5, 0.6) is 0 Å². The molecule has 0 radical (unpaired) electrons. The van der Waals surface area contributed by atoms with E-state index in [1.54, 1.807) is 0 Å². The number of anilines is 3. The standard InChI is InChI=1S/C55H37NO/c1-3-15-38(16-4-1)39-17-13-21-45(35-39)56(46-22-14-18-40(36-46)41-29-34-54-50(37-41)49-25-9-12-28-53(49)57-54)44-32-30-43(31-33-44)55(42-19-5-2-6-20-42)51-26-10-7-23-47(51)48-24-8-11-27-52(48)55/h1-37H. The van der Waals surface area contributed by atoms with E-state index in [9.17, 15) is 0 Å². The van der Waals surface area contributed by atoms with Crippen LogP contribution >= 0.6 is 0 Å². The maximum atomic E-state index is 6.18. The maximum Gasteiger partial charge on any atom is 0.135 e. The van der Waals surface area contributed by atoms with E-state index in [2.05, 4.69) is 217 Å². The summed E-state index contributed by atoms with van der Waals surface area (Å²) in [6, 6.07) is 81.3. The monoisotopic (exact) mass is 727 g/mol. The van der Waals surface area contributed by atoms with Gasteiger partial charge in [-0.25, -0.2) is 0 Å². The van der Waals surface area contributed by atoms with Crippen molar-refractivity contribution in [1.82, 2.24) is 0 Å². The Morgan fingerprint density at radius 3 is 1.51 bits per heavy atom. The number of rotatable bonds is 7. The third-order valence-corrected chi connectivity index (χ3v) is 11.7. The summed E-state index contributed by atoms with van der Waals surface area (Å²) in [5, 5.41) is 2.25. The molecule has 0 bridgehead atoms. The van der Waals surface area contributed by atoms with Crippen molar-refractivity contribution in [2.24, 2.45) is 0 Å². The number of fused-ring (bicyclic) bond motifs is 6. The lowest BCUT2D eigenvalue weighted by atomic mass is 9.68. The number of benzene rings is 9. The van der Waals surface area contributed by atoms with Crippen molar-refractivity contribution >= 4 is 39.0 Å². The van der Waals surface area contributed by atoms with E-state index in [1.807, 2.05) is 12.1 Å². The molecule has 0 saturated carbocycles. The lowest BCUT2D eigenvalue weighted by Gasteiger charge is -2.34. The van der Waals surface area contributed by atoms with Crippen LogP contribution < -0.4 is 4.90 Å². The van der Waals surface area contributed by atoms with Gasteiger partial charge >= 0.3 is 0 Å². The number of para-hydroxylation sites is 1. The first-order valence-electron chi connectivity index (χ1n) is 19.6. The van der Waals surface area contributed by atoms with Crippen molar-refractivity contribution in [3.05, 3.63) is 247 Å². The van der Waals surface area contributed by atoms with Crippen LogP contribution in [0.2, 0.25) is 0 Å². The van der Waals surface area contributed by atoms with E-state index in [0.29, 0.717) is 0 Å². The largest absolute Gasteiger partial charge is 0.456 e. The zero-order valence-electron chi connectivity index (χ0n) is 31.2. The van der Waals surface area contributed by atoms with Crippen LogP contribution in [0.15, 0.2) is 229 Å². The molecule has 9 aromatic carbocycles. The average Bonchev–Trinajstić information content (AvgIpc) is 3.81. The highest BCUT2D eigenvalue weighted by Gasteiger charge is 2.45. The molecule has 11 rings (SSSR count). The first-order chi connectivity index (χ1) is 28.3. The second-order valence-corrected chi connectivity index (χ2v) is 14.9. The molecule has 2 heteroatoms. The molecule has 0 spiro atoms. The number of nitrogens with zero attached hydrogens (tertiary/aromatic N) is 1. The smallest absolute Gasteiger partial charge is 0.135 e. The Bertz CT molecular complexity index is 3020. The van der Waals surface area contributed by atoms with Gasteiger partial charge in [-0.05, 0) is 110 Å². The van der Waals surface area contributed by atoms with Crippen LogP contribution in [0.4, 0.5) is 17.1 Å². The van der Waals surface area contributed by atoms with Gasteiger partial charge in [0.05, 0.1) is 5.41 Å². The molecule has 10 aromatic rings. The van der Waals surface area contributed by atoms with Crippen LogP contribution in [-0.2, 0) is 5.41 Å². The fourth-order valence-electron chi connectivity index (χ4n) is 9.20. The van der Waals surface area contributed by atoms with Crippen LogP contribution in [0.1, 0.15) is 22.3 Å². The molecule has 57 heavy (non-hydrogen) atoms. The lowest BCUT2D eigenvalue weighted by molar-refractivity contribution is 0.669. The quantitative estimate of drug-likeness (QED) is 0.163. The van der Waals surface area contributed by atoms with Crippen molar-refractivity contribution < 1.29 is 4.42 Å². The molecule has 268 valence electrons. The van der Waals surface area contributed by atoms with Gasteiger partial charge in [0.15, 0.2) is 0 Å².